The molecule has 1 aliphatic heterocycles. The van der Waals surface area contributed by atoms with Crippen molar-refractivity contribution in [2.45, 2.75) is 31.5 Å². The van der Waals surface area contributed by atoms with Crippen molar-refractivity contribution in [3.8, 4) is 0 Å². The van der Waals surface area contributed by atoms with Gasteiger partial charge in [0.2, 0.25) is 5.91 Å². The summed E-state index contributed by atoms with van der Waals surface area (Å²) in [6.07, 6.45) is -2.29. The number of amides is 1. The molecular weight excluding hydrogens is 257 g/mol. The zero-order valence-corrected chi connectivity index (χ0v) is 10.3. The molecule has 6 heteroatoms. The van der Waals surface area contributed by atoms with Gasteiger partial charge in [-0.1, -0.05) is 0 Å². The van der Waals surface area contributed by atoms with Crippen molar-refractivity contribution >= 4 is 11.6 Å². The van der Waals surface area contributed by atoms with E-state index in [-0.39, 0.29) is 11.9 Å². The van der Waals surface area contributed by atoms with E-state index in [0.717, 1.165) is 25.0 Å². The Hall–Kier alpha value is -1.72. The predicted molar refractivity (Wildman–Crippen MR) is 65.7 cm³/mol. The summed E-state index contributed by atoms with van der Waals surface area (Å²) in [5.41, 5.74) is -0.0654. The molecule has 0 spiro atoms. The summed E-state index contributed by atoms with van der Waals surface area (Å²) in [6, 6.07) is 4.84. The third kappa shape index (κ3) is 3.87. The lowest BCUT2D eigenvalue weighted by molar-refractivity contribution is -0.137. The SMILES string of the molecule is O=C1CC(Nc2ccc(C(F)(F)F)cc2)CCCN1. The van der Waals surface area contributed by atoms with Crippen LogP contribution in [0.3, 0.4) is 0 Å². The first-order valence-corrected chi connectivity index (χ1v) is 6.15. The zero-order chi connectivity index (χ0) is 13.9. The molecule has 0 saturated carbocycles. The number of rotatable bonds is 2. The van der Waals surface area contributed by atoms with Crippen molar-refractivity contribution in [2.24, 2.45) is 0 Å². The van der Waals surface area contributed by atoms with E-state index in [1.54, 1.807) is 0 Å². The second kappa shape index (κ2) is 5.50. The number of carbonyl (C=O) groups excluding carboxylic acids is 1. The minimum absolute atomic E-state index is 0.0260. The highest BCUT2D eigenvalue weighted by molar-refractivity contribution is 5.77. The molecule has 0 aromatic heterocycles. The lowest BCUT2D eigenvalue weighted by atomic mass is 10.1. The first-order valence-electron chi connectivity index (χ1n) is 6.15. The van der Waals surface area contributed by atoms with Crippen molar-refractivity contribution < 1.29 is 18.0 Å². The molecule has 0 radical (unpaired) electrons. The third-order valence-electron chi connectivity index (χ3n) is 3.07. The normalized spacial score (nSPS) is 20.6. The molecule has 1 fully saturated rings. The highest BCUT2D eigenvalue weighted by Gasteiger charge is 2.30. The highest BCUT2D eigenvalue weighted by Crippen LogP contribution is 2.30. The van der Waals surface area contributed by atoms with Crippen LogP contribution in [0.2, 0.25) is 0 Å². The van der Waals surface area contributed by atoms with Gasteiger partial charge in [-0.2, -0.15) is 13.2 Å². The summed E-state index contributed by atoms with van der Waals surface area (Å²) in [4.78, 5) is 11.4. The van der Waals surface area contributed by atoms with Crippen LogP contribution < -0.4 is 10.6 Å². The van der Waals surface area contributed by atoms with E-state index in [9.17, 15) is 18.0 Å². The average Bonchev–Trinajstić information content (AvgIpc) is 2.53. The Morgan fingerprint density at radius 1 is 1.21 bits per heavy atom. The molecule has 1 unspecified atom stereocenters. The number of hydrogen-bond donors (Lipinski definition) is 2. The Morgan fingerprint density at radius 2 is 1.89 bits per heavy atom. The van der Waals surface area contributed by atoms with E-state index in [1.807, 2.05) is 0 Å². The largest absolute Gasteiger partial charge is 0.416 e. The van der Waals surface area contributed by atoms with Gasteiger partial charge in [-0.05, 0) is 37.1 Å². The molecule has 1 aromatic rings. The lowest BCUT2D eigenvalue weighted by Gasteiger charge is -2.17. The van der Waals surface area contributed by atoms with Crippen LogP contribution in [-0.4, -0.2) is 18.5 Å². The molecule has 2 rings (SSSR count). The summed E-state index contributed by atoms with van der Waals surface area (Å²) in [5.74, 6) is -0.0260. The number of hydrogen-bond acceptors (Lipinski definition) is 2. The van der Waals surface area contributed by atoms with Gasteiger partial charge in [-0.15, -0.1) is 0 Å². The number of carbonyl (C=O) groups is 1. The molecule has 3 nitrogen and oxygen atoms in total. The average molecular weight is 272 g/mol. The van der Waals surface area contributed by atoms with E-state index in [4.69, 9.17) is 0 Å². The maximum atomic E-state index is 12.4. The molecule has 1 heterocycles. The van der Waals surface area contributed by atoms with Gasteiger partial charge in [0.1, 0.15) is 0 Å². The second-order valence-electron chi connectivity index (χ2n) is 4.61. The molecule has 1 aromatic carbocycles. The van der Waals surface area contributed by atoms with Crippen molar-refractivity contribution in [1.82, 2.24) is 5.32 Å². The Balaban J connectivity index is 2.01. The van der Waals surface area contributed by atoms with E-state index in [0.29, 0.717) is 18.7 Å². The fraction of sp³-hybridized carbons (Fsp3) is 0.462. The summed E-state index contributed by atoms with van der Waals surface area (Å²) in [5, 5.41) is 5.86. The van der Waals surface area contributed by atoms with Gasteiger partial charge in [0.25, 0.3) is 0 Å². The quantitative estimate of drug-likeness (QED) is 0.869. The fourth-order valence-electron chi connectivity index (χ4n) is 2.09. The maximum Gasteiger partial charge on any atom is 0.416 e. The Bertz CT molecular complexity index is 442. The van der Waals surface area contributed by atoms with Crippen LogP contribution in [0.4, 0.5) is 18.9 Å². The summed E-state index contributed by atoms with van der Waals surface area (Å²) < 4.78 is 37.2. The molecule has 0 aliphatic carbocycles. The number of nitrogens with one attached hydrogen (secondary N) is 2. The van der Waals surface area contributed by atoms with E-state index in [2.05, 4.69) is 10.6 Å². The van der Waals surface area contributed by atoms with Crippen molar-refractivity contribution in [3.05, 3.63) is 29.8 Å². The molecule has 1 amide bonds. The Morgan fingerprint density at radius 3 is 2.53 bits per heavy atom. The zero-order valence-electron chi connectivity index (χ0n) is 10.3. The fourth-order valence-corrected chi connectivity index (χ4v) is 2.09. The smallest absolute Gasteiger partial charge is 0.382 e. The maximum absolute atomic E-state index is 12.4. The Kier molecular flexibility index (Phi) is 3.97. The van der Waals surface area contributed by atoms with Crippen LogP contribution in [0.1, 0.15) is 24.8 Å². The summed E-state index contributed by atoms with van der Waals surface area (Å²) in [7, 11) is 0. The van der Waals surface area contributed by atoms with Crippen LogP contribution in [0.25, 0.3) is 0 Å². The molecule has 104 valence electrons. The molecule has 1 atom stereocenters. The molecule has 1 saturated heterocycles. The molecular formula is C13H15F3N2O. The number of anilines is 1. The topological polar surface area (TPSA) is 41.1 Å². The van der Waals surface area contributed by atoms with Crippen LogP contribution in [0.15, 0.2) is 24.3 Å². The van der Waals surface area contributed by atoms with E-state index >= 15 is 0 Å². The van der Waals surface area contributed by atoms with Crippen molar-refractivity contribution in [1.29, 1.82) is 0 Å². The van der Waals surface area contributed by atoms with Gasteiger partial charge in [0.05, 0.1) is 5.56 Å². The van der Waals surface area contributed by atoms with Crippen molar-refractivity contribution in [3.63, 3.8) is 0 Å². The van der Waals surface area contributed by atoms with Gasteiger partial charge in [0, 0.05) is 24.7 Å². The van der Waals surface area contributed by atoms with Crippen LogP contribution >= 0.6 is 0 Å². The van der Waals surface area contributed by atoms with Gasteiger partial charge >= 0.3 is 6.18 Å². The minimum Gasteiger partial charge on any atom is -0.382 e. The molecule has 1 aliphatic rings. The van der Waals surface area contributed by atoms with Gasteiger partial charge in [-0.25, -0.2) is 0 Å². The first-order chi connectivity index (χ1) is 8.95. The standard InChI is InChI=1S/C13H15F3N2O/c14-13(15,16)9-3-5-10(6-4-9)18-11-2-1-7-17-12(19)8-11/h3-6,11,18H,1-2,7-8H2,(H,17,19). The predicted octanol–water partition coefficient (Wildman–Crippen LogP) is 2.79. The summed E-state index contributed by atoms with van der Waals surface area (Å²) >= 11 is 0. The number of halogens is 3. The van der Waals surface area contributed by atoms with Gasteiger partial charge in [0.15, 0.2) is 0 Å². The van der Waals surface area contributed by atoms with Gasteiger partial charge in [-0.3, -0.25) is 4.79 Å². The van der Waals surface area contributed by atoms with Crippen LogP contribution in [0, 0.1) is 0 Å². The highest BCUT2D eigenvalue weighted by atomic mass is 19.4. The van der Waals surface area contributed by atoms with Crippen molar-refractivity contribution in [2.75, 3.05) is 11.9 Å². The number of alkyl halides is 3. The van der Waals surface area contributed by atoms with Crippen LogP contribution in [-0.2, 0) is 11.0 Å². The third-order valence-corrected chi connectivity index (χ3v) is 3.07. The first kappa shape index (κ1) is 13.7. The monoisotopic (exact) mass is 272 g/mol. The Labute approximate surface area is 109 Å². The second-order valence-corrected chi connectivity index (χ2v) is 4.61. The summed E-state index contributed by atoms with van der Waals surface area (Å²) in [6.45, 7) is 0.657. The van der Waals surface area contributed by atoms with E-state index in [1.165, 1.54) is 12.1 Å². The molecule has 2 N–H and O–H groups in total. The lowest BCUT2D eigenvalue weighted by Crippen LogP contribution is -2.26. The molecule has 0 bridgehead atoms. The van der Waals surface area contributed by atoms with E-state index < -0.39 is 11.7 Å². The molecule has 19 heavy (non-hydrogen) atoms. The van der Waals surface area contributed by atoms with Crippen LogP contribution in [0.5, 0.6) is 0 Å². The number of benzene rings is 1. The minimum atomic E-state index is -4.32. The van der Waals surface area contributed by atoms with Gasteiger partial charge < -0.3 is 10.6 Å².